The topological polar surface area (TPSA) is 79.9 Å². The SMILES string of the molecule is COc1cccc(NC(=O)C(=O)NCCCN2CCOCC2)c1. The Balaban J connectivity index is 1.67. The first-order valence-electron chi connectivity index (χ1n) is 7.72. The smallest absolute Gasteiger partial charge is 0.313 e. The third-order valence-corrected chi connectivity index (χ3v) is 3.57. The lowest BCUT2D eigenvalue weighted by atomic mass is 10.3. The molecule has 2 N–H and O–H groups in total. The van der Waals surface area contributed by atoms with Crippen LogP contribution in [-0.4, -0.2) is 63.2 Å². The number of hydrogen-bond donors (Lipinski definition) is 2. The van der Waals surface area contributed by atoms with Crippen LogP contribution >= 0.6 is 0 Å². The first-order valence-corrected chi connectivity index (χ1v) is 7.72. The summed E-state index contributed by atoms with van der Waals surface area (Å²) < 4.78 is 10.3. The molecule has 1 heterocycles. The quantitative estimate of drug-likeness (QED) is 0.588. The molecule has 0 spiro atoms. The van der Waals surface area contributed by atoms with Gasteiger partial charge in [-0.2, -0.15) is 0 Å². The molecule has 2 amide bonds. The number of carbonyl (C=O) groups is 2. The molecule has 0 aliphatic carbocycles. The summed E-state index contributed by atoms with van der Waals surface area (Å²) in [5.74, 6) is -0.687. The monoisotopic (exact) mass is 321 g/mol. The number of amides is 2. The van der Waals surface area contributed by atoms with E-state index in [1.807, 2.05) is 0 Å². The molecular formula is C16H23N3O4. The lowest BCUT2D eigenvalue weighted by Crippen LogP contribution is -2.39. The average Bonchev–Trinajstić information content (AvgIpc) is 2.59. The van der Waals surface area contributed by atoms with Gasteiger partial charge in [0.2, 0.25) is 0 Å². The summed E-state index contributed by atoms with van der Waals surface area (Å²) in [6.45, 7) is 4.72. The standard InChI is InChI=1S/C16H23N3O4/c1-22-14-5-2-4-13(12-14)18-16(21)15(20)17-6-3-7-19-8-10-23-11-9-19/h2,4-5,12H,3,6-11H2,1H3,(H,17,20)(H,18,21). The second kappa shape index (κ2) is 9.12. The van der Waals surface area contributed by atoms with E-state index in [0.29, 0.717) is 18.0 Å². The van der Waals surface area contributed by atoms with Crippen molar-refractivity contribution in [3.05, 3.63) is 24.3 Å². The number of anilines is 1. The fourth-order valence-electron chi connectivity index (χ4n) is 2.30. The molecular weight excluding hydrogens is 298 g/mol. The van der Waals surface area contributed by atoms with E-state index < -0.39 is 11.8 Å². The number of ether oxygens (including phenoxy) is 2. The Morgan fingerprint density at radius 3 is 2.78 bits per heavy atom. The predicted octanol–water partition coefficient (Wildman–Crippen LogP) is 0.472. The van der Waals surface area contributed by atoms with Gasteiger partial charge in [-0.05, 0) is 25.1 Å². The van der Waals surface area contributed by atoms with Crippen LogP contribution in [0, 0.1) is 0 Å². The second-order valence-electron chi connectivity index (χ2n) is 5.25. The molecule has 0 unspecified atom stereocenters. The van der Waals surface area contributed by atoms with Crippen LogP contribution in [0.5, 0.6) is 5.75 Å². The molecule has 23 heavy (non-hydrogen) atoms. The number of rotatable bonds is 6. The van der Waals surface area contributed by atoms with Gasteiger partial charge in [0.05, 0.1) is 20.3 Å². The minimum atomic E-state index is -0.676. The molecule has 0 saturated carbocycles. The van der Waals surface area contributed by atoms with Crippen molar-refractivity contribution in [3.63, 3.8) is 0 Å². The predicted molar refractivity (Wildman–Crippen MR) is 86.5 cm³/mol. The molecule has 2 rings (SSSR count). The Hall–Kier alpha value is -2.12. The summed E-state index contributed by atoms with van der Waals surface area (Å²) in [5, 5.41) is 5.18. The van der Waals surface area contributed by atoms with Gasteiger partial charge in [-0.25, -0.2) is 0 Å². The normalized spacial score (nSPS) is 15.0. The van der Waals surface area contributed by atoms with E-state index in [0.717, 1.165) is 39.3 Å². The molecule has 1 aliphatic rings. The summed E-state index contributed by atoms with van der Waals surface area (Å²) in [7, 11) is 1.54. The molecule has 7 heteroatoms. The zero-order chi connectivity index (χ0) is 16.5. The van der Waals surface area contributed by atoms with E-state index in [1.54, 1.807) is 31.4 Å². The first-order chi connectivity index (χ1) is 11.2. The van der Waals surface area contributed by atoms with E-state index in [9.17, 15) is 9.59 Å². The largest absolute Gasteiger partial charge is 0.497 e. The van der Waals surface area contributed by atoms with Gasteiger partial charge in [-0.3, -0.25) is 14.5 Å². The van der Waals surface area contributed by atoms with Gasteiger partial charge >= 0.3 is 11.8 Å². The summed E-state index contributed by atoms with van der Waals surface area (Å²) in [5.41, 5.74) is 0.526. The zero-order valence-electron chi connectivity index (χ0n) is 13.3. The Morgan fingerprint density at radius 2 is 2.04 bits per heavy atom. The number of benzene rings is 1. The van der Waals surface area contributed by atoms with Gasteiger partial charge in [0.25, 0.3) is 0 Å². The molecule has 7 nitrogen and oxygen atoms in total. The maximum absolute atomic E-state index is 11.8. The fourth-order valence-corrected chi connectivity index (χ4v) is 2.30. The van der Waals surface area contributed by atoms with Crippen molar-refractivity contribution in [1.29, 1.82) is 0 Å². The number of methoxy groups -OCH3 is 1. The van der Waals surface area contributed by atoms with Crippen molar-refractivity contribution >= 4 is 17.5 Å². The number of hydrogen-bond acceptors (Lipinski definition) is 5. The highest BCUT2D eigenvalue weighted by Crippen LogP contribution is 2.16. The van der Waals surface area contributed by atoms with Gasteiger partial charge in [0.15, 0.2) is 0 Å². The first kappa shape index (κ1) is 17.2. The summed E-state index contributed by atoms with van der Waals surface area (Å²) in [6.07, 6.45) is 0.804. The van der Waals surface area contributed by atoms with Crippen LogP contribution in [0.4, 0.5) is 5.69 Å². The van der Waals surface area contributed by atoms with Gasteiger partial charge in [0.1, 0.15) is 5.75 Å². The van der Waals surface area contributed by atoms with Gasteiger partial charge in [0, 0.05) is 31.4 Å². The van der Waals surface area contributed by atoms with Crippen LogP contribution in [0.3, 0.4) is 0 Å². The highest BCUT2D eigenvalue weighted by molar-refractivity contribution is 6.39. The Bertz CT molecular complexity index is 530. The maximum atomic E-state index is 11.8. The fraction of sp³-hybridized carbons (Fsp3) is 0.500. The molecule has 0 radical (unpaired) electrons. The van der Waals surface area contributed by atoms with Crippen molar-refractivity contribution in [2.75, 3.05) is 51.8 Å². The Labute approximate surface area is 135 Å². The maximum Gasteiger partial charge on any atom is 0.313 e. The van der Waals surface area contributed by atoms with Crippen LogP contribution < -0.4 is 15.4 Å². The minimum absolute atomic E-state index is 0.474. The van der Waals surface area contributed by atoms with Crippen LogP contribution in [0.25, 0.3) is 0 Å². The van der Waals surface area contributed by atoms with E-state index in [2.05, 4.69) is 15.5 Å². The number of morpholine rings is 1. The number of nitrogens with zero attached hydrogens (tertiary/aromatic N) is 1. The van der Waals surface area contributed by atoms with Gasteiger partial charge in [-0.15, -0.1) is 0 Å². The summed E-state index contributed by atoms with van der Waals surface area (Å²) in [4.78, 5) is 25.9. The molecule has 1 aromatic carbocycles. The molecule has 0 bridgehead atoms. The van der Waals surface area contributed by atoms with Crippen molar-refractivity contribution < 1.29 is 19.1 Å². The van der Waals surface area contributed by atoms with Crippen molar-refractivity contribution in [2.24, 2.45) is 0 Å². The third kappa shape index (κ3) is 5.88. The Morgan fingerprint density at radius 1 is 1.26 bits per heavy atom. The highest BCUT2D eigenvalue weighted by Gasteiger charge is 2.14. The molecule has 0 atom stereocenters. The molecule has 1 saturated heterocycles. The Kier molecular flexibility index (Phi) is 6.83. The number of nitrogens with one attached hydrogen (secondary N) is 2. The lowest BCUT2D eigenvalue weighted by Gasteiger charge is -2.26. The second-order valence-corrected chi connectivity index (χ2v) is 5.25. The summed E-state index contributed by atoms with van der Waals surface area (Å²) in [6, 6.07) is 6.87. The van der Waals surface area contributed by atoms with Crippen LogP contribution in [0.1, 0.15) is 6.42 Å². The summed E-state index contributed by atoms with van der Waals surface area (Å²) >= 11 is 0. The van der Waals surface area contributed by atoms with Crippen LogP contribution in [0.15, 0.2) is 24.3 Å². The molecule has 1 fully saturated rings. The lowest BCUT2D eigenvalue weighted by molar-refractivity contribution is -0.136. The van der Waals surface area contributed by atoms with E-state index in [-0.39, 0.29) is 0 Å². The van der Waals surface area contributed by atoms with E-state index in [4.69, 9.17) is 9.47 Å². The van der Waals surface area contributed by atoms with Crippen molar-refractivity contribution in [1.82, 2.24) is 10.2 Å². The van der Waals surface area contributed by atoms with E-state index >= 15 is 0 Å². The average molecular weight is 321 g/mol. The van der Waals surface area contributed by atoms with Crippen LogP contribution in [0.2, 0.25) is 0 Å². The molecule has 126 valence electrons. The van der Waals surface area contributed by atoms with Crippen molar-refractivity contribution in [3.8, 4) is 5.75 Å². The third-order valence-electron chi connectivity index (χ3n) is 3.57. The van der Waals surface area contributed by atoms with Crippen LogP contribution in [-0.2, 0) is 14.3 Å². The zero-order valence-corrected chi connectivity index (χ0v) is 13.3. The minimum Gasteiger partial charge on any atom is -0.497 e. The van der Waals surface area contributed by atoms with Gasteiger partial charge < -0.3 is 20.1 Å². The van der Waals surface area contributed by atoms with Gasteiger partial charge in [-0.1, -0.05) is 6.07 Å². The highest BCUT2D eigenvalue weighted by atomic mass is 16.5. The van der Waals surface area contributed by atoms with E-state index in [1.165, 1.54) is 0 Å². The molecule has 1 aliphatic heterocycles. The molecule has 1 aromatic rings. The number of carbonyl (C=O) groups excluding carboxylic acids is 2. The molecule has 0 aromatic heterocycles. The van der Waals surface area contributed by atoms with Crippen molar-refractivity contribution in [2.45, 2.75) is 6.42 Å².